The van der Waals surface area contributed by atoms with E-state index in [-0.39, 0.29) is 45.5 Å². The van der Waals surface area contributed by atoms with Crippen LogP contribution in [-0.2, 0) is 36.6 Å². The molecule has 0 atom stereocenters. The number of anilines is 2. The highest BCUT2D eigenvalue weighted by Crippen LogP contribution is 2.41. The molecule has 34 heavy (non-hydrogen) atoms. The Labute approximate surface area is 198 Å². The van der Waals surface area contributed by atoms with E-state index in [0.717, 1.165) is 18.8 Å². The lowest BCUT2D eigenvalue weighted by Crippen LogP contribution is -2.41. The molecule has 0 aliphatic carbocycles. The summed E-state index contributed by atoms with van der Waals surface area (Å²) in [5.74, 6) is -0.588. The Morgan fingerprint density at radius 3 is 2.26 bits per heavy atom. The van der Waals surface area contributed by atoms with Crippen LogP contribution in [0.5, 0.6) is 11.8 Å². The lowest BCUT2D eigenvalue weighted by Gasteiger charge is -2.34. The SMILES string of the molecule is CCOC(=O)C1CCN(c2ncnc(Oc3cc(C)nn3C)c2N(S(C)(=O)=O)S(C)(=O)=O)CC1. The van der Waals surface area contributed by atoms with Crippen LogP contribution in [0.4, 0.5) is 11.5 Å². The molecule has 0 aromatic carbocycles. The molecule has 0 amide bonds. The molecule has 13 nitrogen and oxygen atoms in total. The van der Waals surface area contributed by atoms with Crippen LogP contribution in [0.25, 0.3) is 0 Å². The number of aryl methyl sites for hydroxylation is 2. The summed E-state index contributed by atoms with van der Waals surface area (Å²) >= 11 is 0. The fraction of sp³-hybridized carbons (Fsp3) is 0.579. The molecule has 0 bridgehead atoms. The molecule has 0 spiro atoms. The topological polar surface area (TPSA) is 154 Å². The number of rotatable bonds is 8. The van der Waals surface area contributed by atoms with Gasteiger partial charge < -0.3 is 14.4 Å². The number of ether oxygens (including phenoxy) is 2. The molecule has 3 heterocycles. The van der Waals surface area contributed by atoms with Crippen LogP contribution in [-0.4, -0.2) is 74.8 Å². The van der Waals surface area contributed by atoms with Gasteiger partial charge in [-0.15, -0.1) is 0 Å². The predicted molar refractivity (Wildman–Crippen MR) is 124 cm³/mol. The van der Waals surface area contributed by atoms with E-state index in [0.29, 0.717) is 31.6 Å². The minimum atomic E-state index is -4.33. The van der Waals surface area contributed by atoms with Gasteiger partial charge in [-0.05, 0) is 26.7 Å². The second-order valence-electron chi connectivity index (χ2n) is 7.94. The monoisotopic (exact) mass is 516 g/mol. The molecule has 1 fully saturated rings. The van der Waals surface area contributed by atoms with E-state index in [1.807, 2.05) is 0 Å². The maximum atomic E-state index is 12.6. The van der Waals surface area contributed by atoms with E-state index in [1.165, 1.54) is 4.68 Å². The molecule has 0 N–H and O–H groups in total. The van der Waals surface area contributed by atoms with Crippen molar-refractivity contribution in [3.05, 3.63) is 18.1 Å². The van der Waals surface area contributed by atoms with Crippen molar-refractivity contribution in [2.24, 2.45) is 13.0 Å². The third kappa shape index (κ3) is 5.58. The summed E-state index contributed by atoms with van der Waals surface area (Å²) in [7, 11) is -7.03. The molecular formula is C19H28N6O7S2. The van der Waals surface area contributed by atoms with Crippen LogP contribution in [0.15, 0.2) is 12.4 Å². The number of aromatic nitrogens is 4. The van der Waals surface area contributed by atoms with Crippen LogP contribution >= 0.6 is 0 Å². The van der Waals surface area contributed by atoms with Crippen LogP contribution in [0.3, 0.4) is 0 Å². The van der Waals surface area contributed by atoms with Gasteiger partial charge in [0.25, 0.3) is 5.88 Å². The molecule has 3 rings (SSSR count). The molecule has 2 aromatic rings. The fourth-order valence-electron chi connectivity index (χ4n) is 3.77. The molecule has 0 radical (unpaired) electrons. The first-order chi connectivity index (χ1) is 15.8. The maximum absolute atomic E-state index is 12.6. The van der Waals surface area contributed by atoms with Gasteiger partial charge in [0.1, 0.15) is 6.33 Å². The van der Waals surface area contributed by atoms with Gasteiger partial charge in [-0.2, -0.15) is 13.8 Å². The van der Waals surface area contributed by atoms with Crippen LogP contribution in [0.2, 0.25) is 0 Å². The highest BCUT2D eigenvalue weighted by molar-refractivity contribution is 8.09. The summed E-state index contributed by atoms with van der Waals surface area (Å²) in [6.45, 7) is 4.39. The van der Waals surface area contributed by atoms with Gasteiger partial charge in [-0.1, -0.05) is 0 Å². The number of nitrogens with zero attached hydrogens (tertiary/aromatic N) is 6. The highest BCUT2D eigenvalue weighted by atomic mass is 32.3. The number of carbonyl (C=O) groups excluding carboxylic acids is 1. The van der Waals surface area contributed by atoms with Gasteiger partial charge in [0.15, 0.2) is 11.5 Å². The molecule has 1 aliphatic rings. The Kier molecular flexibility index (Phi) is 7.35. The number of esters is 1. The summed E-state index contributed by atoms with van der Waals surface area (Å²) in [5.41, 5.74) is 0.304. The average Bonchev–Trinajstić information content (AvgIpc) is 3.04. The maximum Gasteiger partial charge on any atom is 0.309 e. The van der Waals surface area contributed by atoms with E-state index in [9.17, 15) is 21.6 Å². The van der Waals surface area contributed by atoms with Crippen molar-refractivity contribution in [1.29, 1.82) is 0 Å². The number of carbonyl (C=O) groups is 1. The van der Waals surface area contributed by atoms with Crippen molar-refractivity contribution < 1.29 is 31.1 Å². The van der Waals surface area contributed by atoms with Crippen molar-refractivity contribution in [2.45, 2.75) is 26.7 Å². The minimum Gasteiger partial charge on any atom is -0.466 e. The zero-order chi connectivity index (χ0) is 25.3. The van der Waals surface area contributed by atoms with E-state index < -0.39 is 20.0 Å². The van der Waals surface area contributed by atoms with Crippen molar-refractivity contribution >= 4 is 37.5 Å². The lowest BCUT2D eigenvalue weighted by atomic mass is 9.97. The van der Waals surface area contributed by atoms with Gasteiger partial charge in [-0.3, -0.25) is 4.79 Å². The summed E-state index contributed by atoms with van der Waals surface area (Å²) in [6.07, 6.45) is 3.57. The van der Waals surface area contributed by atoms with E-state index in [2.05, 4.69) is 15.1 Å². The van der Waals surface area contributed by atoms with E-state index in [1.54, 1.807) is 31.9 Å². The first-order valence-electron chi connectivity index (χ1n) is 10.5. The predicted octanol–water partition coefficient (Wildman–Crippen LogP) is 0.816. The summed E-state index contributed by atoms with van der Waals surface area (Å²) in [6, 6.07) is 1.60. The molecule has 15 heteroatoms. The van der Waals surface area contributed by atoms with Crippen molar-refractivity contribution in [3.8, 4) is 11.8 Å². The second kappa shape index (κ2) is 9.74. The lowest BCUT2D eigenvalue weighted by molar-refractivity contribution is -0.148. The largest absolute Gasteiger partial charge is 0.466 e. The minimum absolute atomic E-state index is 0.0575. The molecule has 0 saturated carbocycles. The first kappa shape index (κ1) is 25.7. The van der Waals surface area contributed by atoms with Gasteiger partial charge in [0.05, 0.1) is 30.7 Å². The standard InChI is InChI=1S/C19H28N6O7S2/c1-6-31-19(26)14-7-9-24(10-8-14)17-16(25(33(4,27)28)34(5,29)30)18(21-12-20-17)32-15-11-13(2)22-23(15)3/h11-12,14H,6-10H2,1-5H3. The summed E-state index contributed by atoms with van der Waals surface area (Å²) < 4.78 is 63.2. The van der Waals surface area contributed by atoms with Gasteiger partial charge in [-0.25, -0.2) is 26.5 Å². The number of hydrogen-bond donors (Lipinski definition) is 0. The van der Waals surface area contributed by atoms with Gasteiger partial charge in [0, 0.05) is 26.2 Å². The van der Waals surface area contributed by atoms with E-state index in [4.69, 9.17) is 9.47 Å². The third-order valence-corrected chi connectivity index (χ3v) is 8.32. The highest BCUT2D eigenvalue weighted by Gasteiger charge is 2.37. The third-order valence-electron chi connectivity index (χ3n) is 5.13. The first-order valence-corrected chi connectivity index (χ1v) is 14.2. The molecule has 2 aromatic heterocycles. The van der Waals surface area contributed by atoms with Gasteiger partial charge >= 0.3 is 5.97 Å². The number of piperidine rings is 1. The van der Waals surface area contributed by atoms with E-state index >= 15 is 0 Å². The smallest absolute Gasteiger partial charge is 0.309 e. The average molecular weight is 517 g/mol. The Balaban J connectivity index is 2.10. The Morgan fingerprint density at radius 1 is 1.15 bits per heavy atom. The fourth-order valence-corrected chi connectivity index (χ4v) is 6.72. The Hall–Kier alpha value is -2.94. The molecule has 1 aliphatic heterocycles. The van der Waals surface area contributed by atoms with Gasteiger partial charge in [0.2, 0.25) is 25.9 Å². The zero-order valence-corrected chi connectivity index (χ0v) is 21.3. The summed E-state index contributed by atoms with van der Waals surface area (Å²) in [4.78, 5) is 22.1. The summed E-state index contributed by atoms with van der Waals surface area (Å²) in [5, 5.41) is 4.18. The number of sulfonamides is 2. The van der Waals surface area contributed by atoms with Crippen LogP contribution < -0.4 is 13.3 Å². The molecule has 0 unspecified atom stereocenters. The molecule has 188 valence electrons. The quantitative estimate of drug-likeness (QED) is 0.458. The Morgan fingerprint density at radius 2 is 1.76 bits per heavy atom. The number of hydrogen-bond acceptors (Lipinski definition) is 11. The molecule has 1 saturated heterocycles. The van der Waals surface area contributed by atoms with Crippen LogP contribution in [0, 0.1) is 12.8 Å². The second-order valence-corrected chi connectivity index (χ2v) is 11.8. The normalized spacial score (nSPS) is 15.3. The van der Waals surface area contributed by atoms with Crippen molar-refractivity contribution in [3.63, 3.8) is 0 Å². The van der Waals surface area contributed by atoms with Crippen molar-refractivity contribution in [2.75, 3.05) is 40.8 Å². The molecular weight excluding hydrogens is 488 g/mol. The zero-order valence-electron chi connectivity index (χ0n) is 19.6. The van der Waals surface area contributed by atoms with Crippen LogP contribution in [0.1, 0.15) is 25.5 Å². The van der Waals surface area contributed by atoms with Crippen molar-refractivity contribution in [1.82, 2.24) is 19.7 Å². The Bertz CT molecular complexity index is 1240.